The summed E-state index contributed by atoms with van der Waals surface area (Å²) in [5, 5.41) is 3.25. The molecule has 2 aliphatic heterocycles. The van der Waals surface area contributed by atoms with Crippen LogP contribution in [0.15, 0.2) is 0 Å². The van der Waals surface area contributed by atoms with Gasteiger partial charge in [-0.25, -0.2) is 8.42 Å². The molecule has 1 atom stereocenters. The van der Waals surface area contributed by atoms with E-state index in [9.17, 15) is 8.42 Å². The van der Waals surface area contributed by atoms with Crippen molar-refractivity contribution in [3.63, 3.8) is 0 Å². The van der Waals surface area contributed by atoms with Gasteiger partial charge in [0.25, 0.3) is 0 Å². The monoisotopic (exact) mass is 276 g/mol. The van der Waals surface area contributed by atoms with Crippen molar-refractivity contribution < 1.29 is 13.2 Å². The van der Waals surface area contributed by atoms with E-state index in [1.165, 1.54) is 0 Å². The van der Waals surface area contributed by atoms with E-state index in [4.69, 9.17) is 4.74 Å². The van der Waals surface area contributed by atoms with Crippen molar-refractivity contribution in [1.29, 1.82) is 0 Å². The fourth-order valence-electron chi connectivity index (χ4n) is 2.97. The van der Waals surface area contributed by atoms with Crippen molar-refractivity contribution in [3.05, 3.63) is 0 Å². The van der Waals surface area contributed by atoms with Crippen molar-refractivity contribution in [2.24, 2.45) is 5.41 Å². The minimum absolute atomic E-state index is 0.169. The van der Waals surface area contributed by atoms with E-state index in [1.54, 1.807) is 0 Å². The molecule has 5 nitrogen and oxygen atoms in total. The van der Waals surface area contributed by atoms with Gasteiger partial charge in [-0.2, -0.15) is 0 Å². The summed E-state index contributed by atoms with van der Waals surface area (Å²) in [7, 11) is -0.841. The number of hydrogen-bond acceptors (Lipinski definition) is 5. The molecule has 0 aromatic heterocycles. The highest BCUT2D eigenvalue weighted by Crippen LogP contribution is 2.29. The Labute approximate surface area is 110 Å². The predicted molar refractivity (Wildman–Crippen MR) is 71.5 cm³/mol. The molecule has 6 heteroatoms. The van der Waals surface area contributed by atoms with Crippen LogP contribution in [-0.4, -0.2) is 71.3 Å². The van der Waals surface area contributed by atoms with Gasteiger partial charge in [0.15, 0.2) is 9.84 Å². The van der Waals surface area contributed by atoms with Gasteiger partial charge in [0, 0.05) is 31.7 Å². The minimum Gasteiger partial charge on any atom is -0.381 e. The Hall–Kier alpha value is -0.170. The zero-order valence-corrected chi connectivity index (χ0v) is 12.0. The second kappa shape index (κ2) is 5.86. The third-order valence-corrected chi connectivity index (χ3v) is 5.66. The van der Waals surface area contributed by atoms with Gasteiger partial charge in [-0.1, -0.05) is 0 Å². The maximum Gasteiger partial charge on any atom is 0.151 e. The third kappa shape index (κ3) is 3.66. The summed E-state index contributed by atoms with van der Waals surface area (Å²) in [4.78, 5) is 2.30. The average Bonchev–Trinajstić information content (AvgIpc) is 2.68. The number of nitrogens with zero attached hydrogens (tertiary/aromatic N) is 1. The molecule has 1 N–H and O–H groups in total. The van der Waals surface area contributed by atoms with Crippen LogP contribution in [0.4, 0.5) is 0 Å². The Morgan fingerprint density at radius 3 is 2.83 bits per heavy atom. The van der Waals surface area contributed by atoms with Crippen LogP contribution in [0, 0.1) is 5.41 Å². The van der Waals surface area contributed by atoms with Gasteiger partial charge in [-0.3, -0.25) is 0 Å². The van der Waals surface area contributed by atoms with Gasteiger partial charge in [0.1, 0.15) is 0 Å². The standard InChI is InChI=1S/C12H24N2O3S/c1-13-9-12(3-6-17-11-12)10-14-4-2-7-18(15,16)8-5-14/h13H,2-11H2,1H3. The molecule has 0 amide bonds. The first-order valence-electron chi connectivity index (χ1n) is 6.70. The number of nitrogens with one attached hydrogen (secondary N) is 1. The number of ether oxygens (including phenoxy) is 1. The number of sulfone groups is 1. The first-order valence-corrected chi connectivity index (χ1v) is 8.53. The summed E-state index contributed by atoms with van der Waals surface area (Å²) in [5.41, 5.74) is 0.169. The Balaban J connectivity index is 1.95. The fraction of sp³-hybridized carbons (Fsp3) is 1.00. The van der Waals surface area contributed by atoms with Crippen molar-refractivity contribution in [2.75, 3.05) is 57.9 Å². The Morgan fingerprint density at radius 2 is 2.17 bits per heavy atom. The lowest BCUT2D eigenvalue weighted by atomic mass is 9.86. The van der Waals surface area contributed by atoms with Gasteiger partial charge < -0.3 is 15.0 Å². The molecule has 0 spiro atoms. The van der Waals surface area contributed by atoms with Crippen LogP contribution >= 0.6 is 0 Å². The maximum atomic E-state index is 11.6. The molecule has 18 heavy (non-hydrogen) atoms. The number of rotatable bonds is 4. The highest BCUT2D eigenvalue weighted by atomic mass is 32.2. The summed E-state index contributed by atoms with van der Waals surface area (Å²) in [5.74, 6) is 0.655. The quantitative estimate of drug-likeness (QED) is 0.766. The Bertz CT molecular complexity index is 364. The van der Waals surface area contributed by atoms with Crippen molar-refractivity contribution in [2.45, 2.75) is 12.8 Å². The molecule has 0 radical (unpaired) electrons. The summed E-state index contributed by atoms with van der Waals surface area (Å²) in [6.07, 6.45) is 1.83. The van der Waals surface area contributed by atoms with Crippen molar-refractivity contribution >= 4 is 9.84 Å². The molecule has 0 aromatic rings. The van der Waals surface area contributed by atoms with E-state index in [-0.39, 0.29) is 5.41 Å². The molecule has 0 saturated carbocycles. The fourth-order valence-corrected chi connectivity index (χ4v) is 4.28. The third-order valence-electron chi connectivity index (χ3n) is 3.94. The highest BCUT2D eigenvalue weighted by Gasteiger charge is 2.36. The first kappa shape index (κ1) is 14.2. The smallest absolute Gasteiger partial charge is 0.151 e. The van der Waals surface area contributed by atoms with E-state index in [0.717, 1.165) is 45.7 Å². The van der Waals surface area contributed by atoms with Crippen LogP contribution < -0.4 is 5.32 Å². The van der Waals surface area contributed by atoms with E-state index < -0.39 is 9.84 Å². The van der Waals surface area contributed by atoms with Gasteiger partial charge in [0.05, 0.1) is 18.1 Å². The zero-order valence-electron chi connectivity index (χ0n) is 11.2. The summed E-state index contributed by atoms with van der Waals surface area (Å²) < 4.78 is 28.7. The van der Waals surface area contributed by atoms with Crippen LogP contribution in [-0.2, 0) is 14.6 Å². The lowest BCUT2D eigenvalue weighted by Crippen LogP contribution is -2.45. The molecule has 0 aliphatic carbocycles. The summed E-state index contributed by atoms with van der Waals surface area (Å²) >= 11 is 0. The largest absolute Gasteiger partial charge is 0.381 e. The van der Waals surface area contributed by atoms with Crippen LogP contribution in [0.25, 0.3) is 0 Å². The Kier molecular flexibility index (Phi) is 4.64. The van der Waals surface area contributed by atoms with E-state index >= 15 is 0 Å². The second-order valence-electron chi connectivity index (χ2n) is 5.61. The summed E-state index contributed by atoms with van der Waals surface area (Å²) in [6.45, 7) is 5.07. The molecule has 2 fully saturated rings. The lowest BCUT2D eigenvalue weighted by molar-refractivity contribution is 0.113. The van der Waals surface area contributed by atoms with E-state index in [1.807, 2.05) is 7.05 Å². The van der Waals surface area contributed by atoms with Crippen LogP contribution in [0.5, 0.6) is 0 Å². The molecule has 2 saturated heterocycles. The van der Waals surface area contributed by atoms with Gasteiger partial charge in [-0.05, 0) is 26.4 Å². The Morgan fingerprint density at radius 1 is 1.33 bits per heavy atom. The topological polar surface area (TPSA) is 58.6 Å². The van der Waals surface area contributed by atoms with Crippen molar-refractivity contribution in [1.82, 2.24) is 10.2 Å². The molecule has 106 valence electrons. The van der Waals surface area contributed by atoms with Crippen LogP contribution in [0.2, 0.25) is 0 Å². The van der Waals surface area contributed by atoms with Gasteiger partial charge >= 0.3 is 0 Å². The molecule has 2 heterocycles. The molecule has 0 bridgehead atoms. The molecular formula is C12H24N2O3S. The first-order chi connectivity index (χ1) is 8.55. The molecule has 2 rings (SSSR count). The predicted octanol–water partition coefficient (Wildman–Crippen LogP) is -0.267. The molecule has 2 aliphatic rings. The molecule has 0 aromatic carbocycles. The maximum absolute atomic E-state index is 11.6. The van der Waals surface area contributed by atoms with Crippen LogP contribution in [0.3, 0.4) is 0 Å². The second-order valence-corrected chi connectivity index (χ2v) is 7.92. The number of hydrogen-bond donors (Lipinski definition) is 1. The van der Waals surface area contributed by atoms with Crippen LogP contribution in [0.1, 0.15) is 12.8 Å². The average molecular weight is 276 g/mol. The van der Waals surface area contributed by atoms with E-state index in [2.05, 4.69) is 10.2 Å². The van der Waals surface area contributed by atoms with Gasteiger partial charge in [0.2, 0.25) is 0 Å². The SMILES string of the molecule is CNCC1(CN2CCCS(=O)(=O)CC2)CCOC1. The molecule has 1 unspecified atom stereocenters. The molecular weight excluding hydrogens is 252 g/mol. The normalized spacial score (nSPS) is 33.4. The zero-order chi connectivity index (χ0) is 13.1. The van der Waals surface area contributed by atoms with E-state index in [0.29, 0.717) is 18.1 Å². The lowest BCUT2D eigenvalue weighted by Gasteiger charge is -2.33. The summed E-state index contributed by atoms with van der Waals surface area (Å²) in [6, 6.07) is 0. The van der Waals surface area contributed by atoms with Crippen molar-refractivity contribution in [3.8, 4) is 0 Å². The minimum atomic E-state index is -2.81. The van der Waals surface area contributed by atoms with Gasteiger partial charge in [-0.15, -0.1) is 0 Å². The highest BCUT2D eigenvalue weighted by molar-refractivity contribution is 7.91.